The number of hydrogen-bond acceptors (Lipinski definition) is 6. The van der Waals surface area contributed by atoms with Gasteiger partial charge in [0.05, 0.1) is 19.3 Å². The van der Waals surface area contributed by atoms with Crippen LogP contribution in [0.2, 0.25) is 0 Å². The standard InChI is InChI=1S/C18H23N3O5S/c1-20-11-18(26-17(20)24)6-8-21(9-7-18)16(23)15(22)19-13-5-4-12(27-3)10-14(13)25-2/h4-5,10H,6-9,11H2,1-3H3,(H,19,22). The van der Waals surface area contributed by atoms with Crippen molar-refractivity contribution in [3.05, 3.63) is 18.2 Å². The molecule has 1 aromatic rings. The van der Waals surface area contributed by atoms with Crippen LogP contribution in [0.4, 0.5) is 10.5 Å². The van der Waals surface area contributed by atoms with Crippen LogP contribution in [0, 0.1) is 0 Å². The number of likely N-dealkylation sites (tertiary alicyclic amines) is 1. The van der Waals surface area contributed by atoms with Crippen molar-refractivity contribution in [2.75, 3.05) is 45.4 Å². The van der Waals surface area contributed by atoms with Gasteiger partial charge < -0.3 is 24.6 Å². The molecular formula is C18H23N3O5S. The van der Waals surface area contributed by atoms with Gasteiger partial charge in [-0.2, -0.15) is 0 Å². The third kappa shape index (κ3) is 3.97. The first kappa shape index (κ1) is 19.3. The second-order valence-electron chi connectivity index (χ2n) is 6.72. The number of thioether (sulfide) groups is 1. The first-order valence-electron chi connectivity index (χ1n) is 8.64. The van der Waals surface area contributed by atoms with Gasteiger partial charge in [-0.3, -0.25) is 9.59 Å². The molecule has 1 aromatic carbocycles. The Balaban J connectivity index is 1.60. The number of benzene rings is 1. The smallest absolute Gasteiger partial charge is 0.410 e. The molecule has 3 rings (SSSR count). The van der Waals surface area contributed by atoms with Gasteiger partial charge in [-0.25, -0.2) is 4.79 Å². The molecule has 2 fully saturated rings. The maximum Gasteiger partial charge on any atom is 0.410 e. The third-order valence-corrected chi connectivity index (χ3v) is 5.68. The summed E-state index contributed by atoms with van der Waals surface area (Å²) >= 11 is 1.56. The Kier molecular flexibility index (Phi) is 5.50. The fraction of sp³-hybridized carbons (Fsp3) is 0.500. The number of carbonyl (C=O) groups is 3. The molecule has 0 saturated carbocycles. The van der Waals surface area contributed by atoms with Gasteiger partial charge in [-0.1, -0.05) is 0 Å². The molecule has 0 bridgehead atoms. The molecule has 0 aliphatic carbocycles. The second-order valence-corrected chi connectivity index (χ2v) is 7.60. The number of rotatable bonds is 3. The van der Waals surface area contributed by atoms with Crippen LogP contribution in [0.5, 0.6) is 5.75 Å². The van der Waals surface area contributed by atoms with Gasteiger partial charge in [0.15, 0.2) is 0 Å². The fourth-order valence-corrected chi connectivity index (χ4v) is 3.82. The Morgan fingerprint density at radius 1 is 1.30 bits per heavy atom. The van der Waals surface area contributed by atoms with E-state index in [0.29, 0.717) is 43.9 Å². The first-order valence-corrected chi connectivity index (χ1v) is 9.86. The lowest BCUT2D eigenvalue weighted by Gasteiger charge is -2.36. The summed E-state index contributed by atoms with van der Waals surface area (Å²) in [5.41, 5.74) is -0.0934. The molecule has 8 nitrogen and oxygen atoms in total. The molecule has 2 saturated heterocycles. The molecule has 2 heterocycles. The Morgan fingerprint density at radius 3 is 2.56 bits per heavy atom. The van der Waals surface area contributed by atoms with Crippen molar-refractivity contribution in [1.29, 1.82) is 0 Å². The molecule has 0 radical (unpaired) electrons. The minimum Gasteiger partial charge on any atom is -0.495 e. The summed E-state index contributed by atoms with van der Waals surface area (Å²) < 4.78 is 10.8. The summed E-state index contributed by atoms with van der Waals surface area (Å²) in [5.74, 6) is -0.804. The highest BCUT2D eigenvalue weighted by Gasteiger charge is 2.46. The second kappa shape index (κ2) is 7.67. The van der Waals surface area contributed by atoms with E-state index >= 15 is 0 Å². The predicted molar refractivity (Wildman–Crippen MR) is 101 cm³/mol. The van der Waals surface area contributed by atoms with Crippen LogP contribution >= 0.6 is 11.8 Å². The highest BCUT2D eigenvalue weighted by atomic mass is 32.2. The highest BCUT2D eigenvalue weighted by Crippen LogP contribution is 2.33. The molecule has 1 N–H and O–H groups in total. The average Bonchev–Trinajstić information content (AvgIpc) is 2.95. The average molecular weight is 393 g/mol. The summed E-state index contributed by atoms with van der Waals surface area (Å²) in [5, 5.41) is 2.63. The summed E-state index contributed by atoms with van der Waals surface area (Å²) in [7, 11) is 3.21. The van der Waals surface area contributed by atoms with Crippen molar-refractivity contribution in [1.82, 2.24) is 9.80 Å². The third-order valence-electron chi connectivity index (χ3n) is 4.95. The summed E-state index contributed by atoms with van der Waals surface area (Å²) in [4.78, 5) is 40.6. The van der Waals surface area contributed by atoms with Gasteiger partial charge in [0.2, 0.25) is 0 Å². The van der Waals surface area contributed by atoms with Crippen LogP contribution < -0.4 is 10.1 Å². The van der Waals surface area contributed by atoms with Gasteiger partial charge in [0, 0.05) is 37.9 Å². The van der Waals surface area contributed by atoms with E-state index in [4.69, 9.17) is 9.47 Å². The maximum absolute atomic E-state index is 12.5. The van der Waals surface area contributed by atoms with Gasteiger partial charge >= 0.3 is 17.9 Å². The molecule has 1 spiro atoms. The largest absolute Gasteiger partial charge is 0.495 e. The van der Waals surface area contributed by atoms with Crippen LogP contribution in [0.25, 0.3) is 0 Å². The molecule has 2 aliphatic heterocycles. The van der Waals surface area contributed by atoms with E-state index in [9.17, 15) is 14.4 Å². The number of nitrogens with one attached hydrogen (secondary N) is 1. The number of ether oxygens (including phenoxy) is 2. The molecule has 0 unspecified atom stereocenters. The Bertz CT molecular complexity index is 761. The number of amides is 3. The van der Waals surface area contributed by atoms with E-state index in [2.05, 4.69) is 5.32 Å². The van der Waals surface area contributed by atoms with Gasteiger partial charge in [-0.15, -0.1) is 11.8 Å². The number of carbonyl (C=O) groups excluding carboxylic acids is 3. The molecule has 146 valence electrons. The Morgan fingerprint density at radius 2 is 2.00 bits per heavy atom. The van der Waals surface area contributed by atoms with Crippen molar-refractivity contribution < 1.29 is 23.9 Å². The number of anilines is 1. The minimum atomic E-state index is -0.707. The van der Waals surface area contributed by atoms with E-state index in [-0.39, 0.29) is 6.09 Å². The lowest BCUT2D eigenvalue weighted by molar-refractivity contribution is -0.145. The van der Waals surface area contributed by atoms with Crippen molar-refractivity contribution in [2.24, 2.45) is 0 Å². The Labute approximate surface area is 162 Å². The highest BCUT2D eigenvalue weighted by molar-refractivity contribution is 7.98. The van der Waals surface area contributed by atoms with E-state index in [1.165, 1.54) is 16.9 Å². The lowest BCUT2D eigenvalue weighted by Crippen LogP contribution is -2.51. The predicted octanol–water partition coefficient (Wildman–Crippen LogP) is 1.80. The monoisotopic (exact) mass is 393 g/mol. The fourth-order valence-electron chi connectivity index (χ4n) is 3.39. The number of hydrogen-bond donors (Lipinski definition) is 1. The van der Waals surface area contributed by atoms with Crippen molar-refractivity contribution in [3.8, 4) is 5.75 Å². The lowest BCUT2D eigenvalue weighted by atomic mass is 9.91. The van der Waals surface area contributed by atoms with E-state index < -0.39 is 17.4 Å². The van der Waals surface area contributed by atoms with Gasteiger partial charge in [0.1, 0.15) is 11.4 Å². The van der Waals surface area contributed by atoms with Crippen LogP contribution in [-0.4, -0.2) is 73.4 Å². The molecule has 0 atom stereocenters. The number of piperidine rings is 1. The number of nitrogens with zero attached hydrogens (tertiary/aromatic N) is 2. The number of methoxy groups -OCH3 is 1. The minimum absolute atomic E-state index is 0.340. The molecule has 9 heteroatoms. The van der Waals surface area contributed by atoms with Crippen molar-refractivity contribution >= 4 is 35.4 Å². The normalized spacial score (nSPS) is 18.4. The summed E-state index contributed by atoms with van der Waals surface area (Å²) in [6.07, 6.45) is 2.65. The zero-order valence-electron chi connectivity index (χ0n) is 15.6. The van der Waals surface area contributed by atoms with Crippen molar-refractivity contribution in [3.63, 3.8) is 0 Å². The van der Waals surface area contributed by atoms with Gasteiger partial charge in [0.25, 0.3) is 0 Å². The van der Waals surface area contributed by atoms with E-state index in [1.54, 1.807) is 30.9 Å². The van der Waals surface area contributed by atoms with Crippen LogP contribution in [0.3, 0.4) is 0 Å². The topological polar surface area (TPSA) is 88.2 Å². The van der Waals surface area contributed by atoms with Gasteiger partial charge in [-0.05, 0) is 24.5 Å². The summed E-state index contributed by atoms with van der Waals surface area (Å²) in [6.45, 7) is 1.25. The molecule has 3 amide bonds. The van der Waals surface area contributed by atoms with Crippen LogP contribution in [0.1, 0.15) is 12.8 Å². The summed E-state index contributed by atoms with van der Waals surface area (Å²) in [6, 6.07) is 5.37. The molecule has 27 heavy (non-hydrogen) atoms. The van der Waals surface area contributed by atoms with Crippen LogP contribution in [0.15, 0.2) is 23.1 Å². The zero-order chi connectivity index (χ0) is 19.6. The quantitative estimate of drug-likeness (QED) is 0.622. The van der Waals surface area contributed by atoms with E-state index in [0.717, 1.165) is 4.90 Å². The zero-order valence-corrected chi connectivity index (χ0v) is 16.4. The van der Waals surface area contributed by atoms with E-state index in [1.807, 2.05) is 12.3 Å². The van der Waals surface area contributed by atoms with Crippen molar-refractivity contribution in [2.45, 2.75) is 23.3 Å². The molecule has 2 aliphatic rings. The SMILES string of the molecule is COc1cc(SC)ccc1NC(=O)C(=O)N1CCC2(CC1)CN(C)C(=O)O2. The molecular weight excluding hydrogens is 370 g/mol. The van der Waals surface area contributed by atoms with Crippen LogP contribution in [-0.2, 0) is 14.3 Å². The Hall–Kier alpha value is -2.42. The first-order chi connectivity index (χ1) is 12.9. The molecule has 0 aromatic heterocycles. The maximum atomic E-state index is 12.5. The number of likely N-dealkylation sites (N-methyl/N-ethyl adjacent to an activating group) is 1.